The predicted molar refractivity (Wildman–Crippen MR) is 149 cm³/mol. The average molecular weight is 497 g/mol. The van der Waals surface area contributed by atoms with Crippen LogP contribution in [0.5, 0.6) is 0 Å². The van der Waals surface area contributed by atoms with Gasteiger partial charge in [-0.25, -0.2) is 0 Å². The highest BCUT2D eigenvalue weighted by Crippen LogP contribution is 2.55. The Labute approximate surface area is 211 Å². The van der Waals surface area contributed by atoms with Crippen molar-refractivity contribution in [2.24, 2.45) is 11.8 Å². The summed E-state index contributed by atoms with van der Waals surface area (Å²) in [6.45, 7) is 0. The molecule has 0 N–H and O–H groups in total. The number of fused-ring (bicyclic) bond motifs is 2. The highest BCUT2D eigenvalue weighted by Gasteiger charge is 2.51. The summed E-state index contributed by atoms with van der Waals surface area (Å²) in [6, 6.07) is 43.0. The van der Waals surface area contributed by atoms with Crippen LogP contribution < -0.4 is 21.2 Å². The van der Waals surface area contributed by atoms with Gasteiger partial charge in [0.05, 0.1) is 28.5 Å². The van der Waals surface area contributed by atoms with Crippen LogP contribution in [-0.4, -0.2) is 12.2 Å². The minimum atomic E-state index is -0.907. The fourth-order valence-electron chi connectivity index (χ4n) is 5.52. The monoisotopic (exact) mass is 496 g/mol. The quantitative estimate of drug-likeness (QED) is 0.267. The van der Waals surface area contributed by atoms with E-state index in [-0.39, 0.29) is 12.2 Å². The molecule has 4 aromatic rings. The first-order valence-corrected chi connectivity index (χ1v) is 15.0. The molecular formula is C31H30O2P2. The number of hydrogen-bond acceptors (Lipinski definition) is 2. The van der Waals surface area contributed by atoms with Crippen molar-refractivity contribution in [1.82, 2.24) is 0 Å². The van der Waals surface area contributed by atoms with Crippen LogP contribution in [0, 0.1) is 11.8 Å². The minimum absolute atomic E-state index is 0.123. The van der Waals surface area contributed by atoms with E-state index in [1.807, 2.05) is 0 Å². The Morgan fingerprint density at radius 2 is 0.714 bits per heavy atom. The maximum absolute atomic E-state index is 7.15. The molecular weight excluding hydrogens is 466 g/mol. The third kappa shape index (κ3) is 5.00. The normalized spacial score (nSPS) is 23.3. The molecule has 35 heavy (non-hydrogen) atoms. The average Bonchev–Trinajstić information content (AvgIpc) is 3.54. The number of hydrogen-bond donors (Lipinski definition) is 0. The summed E-state index contributed by atoms with van der Waals surface area (Å²) in [4.78, 5) is 0. The van der Waals surface area contributed by atoms with E-state index in [4.69, 9.17) is 9.05 Å². The molecule has 0 heterocycles. The molecule has 4 atom stereocenters. The molecule has 2 fully saturated rings. The zero-order valence-electron chi connectivity index (χ0n) is 19.7. The summed E-state index contributed by atoms with van der Waals surface area (Å²) in [5, 5.41) is 5.07. The molecule has 2 aliphatic carbocycles. The highest BCUT2D eigenvalue weighted by molar-refractivity contribution is 7.69. The fourth-order valence-corrected chi connectivity index (χ4v) is 9.44. The first-order chi connectivity index (χ1) is 17.4. The van der Waals surface area contributed by atoms with Gasteiger partial charge in [0.1, 0.15) is 0 Å². The van der Waals surface area contributed by atoms with Gasteiger partial charge in [0.2, 0.25) is 0 Å². The van der Waals surface area contributed by atoms with E-state index < -0.39 is 16.3 Å². The number of rotatable bonds is 8. The standard InChI is InChI=1S/C31H30O2P2/c1-5-13-26(14-6-1)34(27-15-7-2-8-16-27)32-30-24-21-22-25(23-24)31(30)33-35(28-17-9-3-10-18-28)29-19-11-4-12-20-29/h1-20,24-25,30-31H,21-23H2. The lowest BCUT2D eigenvalue weighted by molar-refractivity contribution is 0.0332. The molecule has 0 spiro atoms. The second-order valence-corrected chi connectivity index (χ2v) is 13.1. The lowest BCUT2D eigenvalue weighted by Gasteiger charge is -2.36. The summed E-state index contributed by atoms with van der Waals surface area (Å²) in [6.07, 6.45) is 3.96. The van der Waals surface area contributed by atoms with Crippen molar-refractivity contribution >= 4 is 37.5 Å². The van der Waals surface area contributed by atoms with Crippen molar-refractivity contribution in [1.29, 1.82) is 0 Å². The Kier molecular flexibility index (Phi) is 7.08. The van der Waals surface area contributed by atoms with Crippen molar-refractivity contribution < 1.29 is 9.05 Å². The third-order valence-electron chi connectivity index (χ3n) is 7.18. The highest BCUT2D eigenvalue weighted by atomic mass is 31.1. The Morgan fingerprint density at radius 1 is 0.429 bits per heavy atom. The van der Waals surface area contributed by atoms with E-state index in [0.29, 0.717) is 11.8 Å². The summed E-state index contributed by atoms with van der Waals surface area (Å²) in [7, 11) is -1.81. The van der Waals surface area contributed by atoms with Crippen molar-refractivity contribution in [3.05, 3.63) is 121 Å². The zero-order valence-corrected chi connectivity index (χ0v) is 21.5. The summed E-state index contributed by atoms with van der Waals surface area (Å²) in [5.41, 5.74) is 0. The van der Waals surface area contributed by atoms with Gasteiger partial charge in [-0.2, -0.15) is 0 Å². The van der Waals surface area contributed by atoms with Gasteiger partial charge in [-0.1, -0.05) is 121 Å². The van der Waals surface area contributed by atoms with Crippen LogP contribution in [0.2, 0.25) is 0 Å². The second-order valence-electron chi connectivity index (χ2n) is 9.40. The topological polar surface area (TPSA) is 18.5 Å². The lowest BCUT2D eigenvalue weighted by Crippen LogP contribution is -2.38. The first kappa shape index (κ1) is 23.1. The SMILES string of the molecule is c1ccc(P(OC2C3CCC(C3)C2OP(c2ccccc2)c2ccccc2)c2ccccc2)cc1. The van der Waals surface area contributed by atoms with Crippen LogP contribution in [-0.2, 0) is 9.05 Å². The van der Waals surface area contributed by atoms with E-state index in [1.165, 1.54) is 40.5 Å². The minimum Gasteiger partial charge on any atom is -0.343 e. The summed E-state index contributed by atoms with van der Waals surface area (Å²) >= 11 is 0. The molecule has 2 nitrogen and oxygen atoms in total. The number of benzene rings is 4. The summed E-state index contributed by atoms with van der Waals surface area (Å²) < 4.78 is 14.3. The van der Waals surface area contributed by atoms with Crippen LogP contribution in [0.1, 0.15) is 19.3 Å². The molecule has 0 aliphatic heterocycles. The molecule has 0 aromatic heterocycles. The molecule has 4 aromatic carbocycles. The van der Waals surface area contributed by atoms with E-state index >= 15 is 0 Å². The zero-order chi connectivity index (χ0) is 23.5. The first-order valence-electron chi connectivity index (χ1n) is 12.5. The van der Waals surface area contributed by atoms with Crippen molar-refractivity contribution in [3.8, 4) is 0 Å². The maximum Gasteiger partial charge on any atom is 0.0923 e. The van der Waals surface area contributed by atoms with Crippen LogP contribution in [0.4, 0.5) is 0 Å². The van der Waals surface area contributed by atoms with Crippen LogP contribution in [0.15, 0.2) is 121 Å². The molecule has 2 bridgehead atoms. The Balaban J connectivity index is 1.33. The van der Waals surface area contributed by atoms with Crippen molar-refractivity contribution in [2.75, 3.05) is 0 Å². The van der Waals surface area contributed by atoms with Crippen LogP contribution in [0.3, 0.4) is 0 Å². The van der Waals surface area contributed by atoms with E-state index in [0.717, 1.165) is 0 Å². The van der Waals surface area contributed by atoms with Gasteiger partial charge >= 0.3 is 0 Å². The van der Waals surface area contributed by atoms with Crippen LogP contribution >= 0.6 is 16.3 Å². The van der Waals surface area contributed by atoms with Crippen molar-refractivity contribution in [3.63, 3.8) is 0 Å². The van der Waals surface area contributed by atoms with Gasteiger partial charge in [-0.05, 0) is 31.1 Å². The molecule has 176 valence electrons. The van der Waals surface area contributed by atoms with Gasteiger partial charge in [-0.3, -0.25) is 0 Å². The molecule has 4 unspecified atom stereocenters. The third-order valence-corrected chi connectivity index (χ3v) is 11.2. The van der Waals surface area contributed by atoms with Gasteiger partial charge in [0.25, 0.3) is 0 Å². The molecule has 2 aliphatic rings. The summed E-state index contributed by atoms with van der Waals surface area (Å²) in [5.74, 6) is 1.15. The molecule has 0 amide bonds. The Hall–Kier alpha value is -2.34. The smallest absolute Gasteiger partial charge is 0.0923 e. The molecule has 6 rings (SSSR count). The van der Waals surface area contributed by atoms with E-state index in [1.54, 1.807) is 0 Å². The largest absolute Gasteiger partial charge is 0.343 e. The Bertz CT molecular complexity index is 1030. The molecule has 0 radical (unpaired) electrons. The Morgan fingerprint density at radius 3 is 1.00 bits per heavy atom. The van der Waals surface area contributed by atoms with Gasteiger partial charge in [0, 0.05) is 21.2 Å². The maximum atomic E-state index is 7.15. The van der Waals surface area contributed by atoms with Crippen LogP contribution in [0.25, 0.3) is 0 Å². The molecule has 4 heteroatoms. The van der Waals surface area contributed by atoms with Gasteiger partial charge in [0.15, 0.2) is 0 Å². The fraction of sp³-hybridized carbons (Fsp3) is 0.226. The van der Waals surface area contributed by atoms with E-state index in [2.05, 4.69) is 121 Å². The van der Waals surface area contributed by atoms with Gasteiger partial charge < -0.3 is 9.05 Å². The lowest BCUT2D eigenvalue weighted by atomic mass is 9.95. The second kappa shape index (κ2) is 10.7. The van der Waals surface area contributed by atoms with Gasteiger partial charge in [-0.15, -0.1) is 0 Å². The predicted octanol–water partition coefficient (Wildman–Crippen LogP) is 6.28. The molecule has 0 saturated heterocycles. The molecule has 2 saturated carbocycles. The van der Waals surface area contributed by atoms with Crippen molar-refractivity contribution in [2.45, 2.75) is 31.5 Å². The van der Waals surface area contributed by atoms with E-state index in [9.17, 15) is 0 Å².